The number of alkyl halides is 1. The molecule has 0 aliphatic heterocycles. The van der Waals surface area contributed by atoms with Gasteiger partial charge in [-0.05, 0) is 18.8 Å². The largest absolute Gasteiger partial charge is 0.480 e. The summed E-state index contributed by atoms with van der Waals surface area (Å²) in [7, 11) is 0. The number of carbonyl (C=O) groups excluding carboxylic acids is 1. The van der Waals surface area contributed by atoms with E-state index in [1.165, 1.54) is 0 Å². The molecule has 3 unspecified atom stereocenters. The van der Waals surface area contributed by atoms with Crippen LogP contribution in [0.2, 0.25) is 0 Å². The number of carboxylic acid groups (broad SMARTS) is 1. The first kappa shape index (κ1) is 10.1. The summed E-state index contributed by atoms with van der Waals surface area (Å²) in [5.74, 6) is -0.738. The molecule has 2 aliphatic carbocycles. The lowest BCUT2D eigenvalue weighted by Crippen LogP contribution is -2.45. The topological polar surface area (TPSA) is 54.4 Å². The van der Waals surface area contributed by atoms with Crippen LogP contribution in [-0.2, 0) is 9.59 Å². The molecule has 0 aromatic heterocycles. The number of carboxylic acids is 1. The molecule has 0 spiro atoms. The Labute approximate surface area is 91.0 Å². The molecule has 3 atom stereocenters. The van der Waals surface area contributed by atoms with Crippen molar-refractivity contribution in [1.82, 2.24) is 0 Å². The summed E-state index contributed by atoms with van der Waals surface area (Å²) in [5.41, 5.74) is -1.48. The van der Waals surface area contributed by atoms with Crippen molar-refractivity contribution in [3.8, 4) is 0 Å². The van der Waals surface area contributed by atoms with Gasteiger partial charge >= 0.3 is 5.97 Å². The molecule has 3 nitrogen and oxygen atoms in total. The van der Waals surface area contributed by atoms with Crippen LogP contribution in [0.1, 0.15) is 26.2 Å². The highest BCUT2D eigenvalue weighted by atomic mass is 79.9. The molecule has 0 amide bonds. The third kappa shape index (κ3) is 0.835. The molecule has 2 aliphatic rings. The highest BCUT2D eigenvalue weighted by molar-refractivity contribution is 9.09. The van der Waals surface area contributed by atoms with E-state index < -0.39 is 11.4 Å². The molecule has 0 heterocycles. The van der Waals surface area contributed by atoms with Crippen LogP contribution >= 0.6 is 15.9 Å². The number of halogens is 1. The Hall–Kier alpha value is -0.380. The van der Waals surface area contributed by atoms with Crippen LogP contribution in [0, 0.1) is 16.7 Å². The Morgan fingerprint density at radius 2 is 2.36 bits per heavy atom. The summed E-state index contributed by atoms with van der Waals surface area (Å²) >= 11 is 3.37. The Kier molecular flexibility index (Phi) is 2.04. The molecular formula is C10H13BrO3. The minimum Gasteiger partial charge on any atom is -0.480 e. The first-order valence-electron chi connectivity index (χ1n) is 4.81. The third-order valence-corrected chi connectivity index (χ3v) is 5.46. The lowest BCUT2D eigenvalue weighted by molar-refractivity contribution is -0.158. The van der Waals surface area contributed by atoms with E-state index in [0.29, 0.717) is 18.2 Å². The minimum absolute atomic E-state index is 0.0665. The minimum atomic E-state index is -1.10. The molecule has 0 radical (unpaired) electrons. The van der Waals surface area contributed by atoms with Crippen molar-refractivity contribution < 1.29 is 14.7 Å². The van der Waals surface area contributed by atoms with Crippen molar-refractivity contribution in [2.75, 3.05) is 5.33 Å². The zero-order valence-electron chi connectivity index (χ0n) is 8.05. The number of Topliss-reactive ketones (excluding diaryl/α,β-unsaturated/α-hetero) is 1. The molecule has 2 bridgehead atoms. The van der Waals surface area contributed by atoms with Crippen molar-refractivity contribution in [2.45, 2.75) is 26.2 Å². The Bertz CT molecular complexity index is 314. The molecule has 2 saturated carbocycles. The van der Waals surface area contributed by atoms with Gasteiger partial charge in [-0.25, -0.2) is 0 Å². The lowest BCUT2D eigenvalue weighted by Gasteiger charge is -2.34. The summed E-state index contributed by atoms with van der Waals surface area (Å²) in [5, 5.41) is 9.89. The molecule has 0 aromatic carbocycles. The van der Waals surface area contributed by atoms with Crippen molar-refractivity contribution in [2.24, 2.45) is 16.7 Å². The van der Waals surface area contributed by atoms with Gasteiger partial charge in [0.2, 0.25) is 0 Å². The summed E-state index contributed by atoms with van der Waals surface area (Å²) in [6, 6.07) is 0. The fourth-order valence-electron chi connectivity index (χ4n) is 3.22. The Morgan fingerprint density at radius 3 is 2.71 bits per heavy atom. The number of carbonyl (C=O) groups is 2. The van der Waals surface area contributed by atoms with Gasteiger partial charge in [0.05, 0.1) is 0 Å². The first-order valence-corrected chi connectivity index (χ1v) is 5.94. The van der Waals surface area contributed by atoms with Crippen molar-refractivity contribution in [3.63, 3.8) is 0 Å². The maximum absolute atomic E-state index is 11.8. The zero-order valence-corrected chi connectivity index (χ0v) is 9.63. The van der Waals surface area contributed by atoms with Gasteiger partial charge in [0.1, 0.15) is 5.41 Å². The van der Waals surface area contributed by atoms with Gasteiger partial charge in [-0.15, -0.1) is 0 Å². The quantitative estimate of drug-likeness (QED) is 0.609. The number of hydrogen-bond acceptors (Lipinski definition) is 2. The number of hydrogen-bond donors (Lipinski definition) is 1. The fraction of sp³-hybridized carbons (Fsp3) is 0.800. The van der Waals surface area contributed by atoms with E-state index >= 15 is 0 Å². The zero-order chi connectivity index (χ0) is 10.6. The van der Waals surface area contributed by atoms with Crippen LogP contribution in [-0.4, -0.2) is 22.2 Å². The summed E-state index contributed by atoms with van der Waals surface area (Å²) in [6.45, 7) is 1.93. The molecule has 0 aromatic rings. The van der Waals surface area contributed by atoms with Crippen molar-refractivity contribution in [1.29, 1.82) is 0 Å². The van der Waals surface area contributed by atoms with Crippen LogP contribution in [0.5, 0.6) is 0 Å². The van der Waals surface area contributed by atoms with E-state index in [4.69, 9.17) is 0 Å². The normalized spacial score (nSPS) is 45.9. The second-order valence-electron chi connectivity index (χ2n) is 4.62. The predicted octanol–water partition coefficient (Wildman–Crippen LogP) is 1.84. The monoisotopic (exact) mass is 260 g/mol. The third-order valence-electron chi connectivity index (χ3n) is 4.29. The molecule has 2 fully saturated rings. The second-order valence-corrected chi connectivity index (χ2v) is 5.19. The van der Waals surface area contributed by atoms with Gasteiger partial charge in [0, 0.05) is 17.2 Å². The first-order chi connectivity index (χ1) is 6.49. The average molecular weight is 261 g/mol. The van der Waals surface area contributed by atoms with Gasteiger partial charge in [0.15, 0.2) is 5.78 Å². The standard InChI is InChI=1S/C10H13BrO3/c1-9(5-11)6-2-3-10(9,8(13)14)7(12)4-6/h6H,2-5H2,1H3,(H,13,14). The van der Waals surface area contributed by atoms with Crippen LogP contribution in [0.3, 0.4) is 0 Å². The van der Waals surface area contributed by atoms with E-state index in [-0.39, 0.29) is 17.1 Å². The fourth-order valence-corrected chi connectivity index (χ4v) is 4.16. The van der Waals surface area contributed by atoms with E-state index in [9.17, 15) is 14.7 Å². The van der Waals surface area contributed by atoms with Crippen LogP contribution in [0.4, 0.5) is 0 Å². The maximum Gasteiger partial charge on any atom is 0.317 e. The molecular weight excluding hydrogens is 248 g/mol. The average Bonchev–Trinajstić information content (AvgIpc) is 2.53. The second kappa shape index (κ2) is 2.81. The van der Waals surface area contributed by atoms with Gasteiger partial charge in [-0.2, -0.15) is 0 Å². The molecule has 4 heteroatoms. The van der Waals surface area contributed by atoms with Gasteiger partial charge < -0.3 is 5.11 Å². The molecule has 2 rings (SSSR count). The SMILES string of the molecule is CC1(CBr)C2CCC1(C(=O)O)C(=O)C2. The van der Waals surface area contributed by atoms with Gasteiger partial charge in [0.25, 0.3) is 0 Å². The lowest BCUT2D eigenvalue weighted by atomic mass is 9.69. The molecule has 14 heavy (non-hydrogen) atoms. The predicted molar refractivity (Wildman–Crippen MR) is 54.3 cm³/mol. The van der Waals surface area contributed by atoms with Crippen LogP contribution in [0.15, 0.2) is 0 Å². The summed E-state index contributed by atoms with van der Waals surface area (Å²) in [6.07, 6.45) is 1.85. The van der Waals surface area contributed by atoms with Crippen LogP contribution in [0.25, 0.3) is 0 Å². The van der Waals surface area contributed by atoms with E-state index in [1.54, 1.807) is 0 Å². The van der Waals surface area contributed by atoms with E-state index in [0.717, 1.165) is 6.42 Å². The van der Waals surface area contributed by atoms with Gasteiger partial charge in [-0.1, -0.05) is 22.9 Å². The highest BCUT2D eigenvalue weighted by Gasteiger charge is 2.70. The Balaban J connectivity index is 2.54. The number of fused-ring (bicyclic) bond motifs is 2. The number of ketones is 1. The van der Waals surface area contributed by atoms with E-state index in [1.807, 2.05) is 6.92 Å². The van der Waals surface area contributed by atoms with Crippen molar-refractivity contribution in [3.05, 3.63) is 0 Å². The molecule has 78 valence electrons. The molecule has 1 N–H and O–H groups in total. The number of aliphatic carboxylic acids is 1. The summed E-state index contributed by atoms with van der Waals surface area (Å²) in [4.78, 5) is 23.1. The molecule has 0 saturated heterocycles. The Morgan fingerprint density at radius 1 is 1.71 bits per heavy atom. The maximum atomic E-state index is 11.8. The van der Waals surface area contributed by atoms with Gasteiger partial charge in [-0.3, -0.25) is 9.59 Å². The van der Waals surface area contributed by atoms with Crippen LogP contribution < -0.4 is 0 Å². The number of rotatable bonds is 2. The smallest absolute Gasteiger partial charge is 0.317 e. The van der Waals surface area contributed by atoms with E-state index in [2.05, 4.69) is 15.9 Å². The summed E-state index contributed by atoms with van der Waals surface area (Å²) < 4.78 is 0. The van der Waals surface area contributed by atoms with Crippen molar-refractivity contribution >= 4 is 27.7 Å². The highest BCUT2D eigenvalue weighted by Crippen LogP contribution is 2.64.